The molecule has 0 aliphatic carbocycles. The first-order valence-corrected chi connectivity index (χ1v) is 11.7. The zero-order valence-electron chi connectivity index (χ0n) is 20.3. The number of carboxylic acid groups (broad SMARTS) is 2. The number of fused-ring (bicyclic) bond motifs is 1. The lowest BCUT2D eigenvalue weighted by atomic mass is 9.94. The Kier molecular flexibility index (Phi) is 10.0. The van der Waals surface area contributed by atoms with Gasteiger partial charge >= 0.3 is 11.9 Å². The van der Waals surface area contributed by atoms with Gasteiger partial charge in [0.05, 0.1) is 7.11 Å². The van der Waals surface area contributed by atoms with Crippen molar-refractivity contribution in [2.75, 3.05) is 38.6 Å². The third-order valence-electron chi connectivity index (χ3n) is 5.73. The molecule has 1 aliphatic rings. The van der Waals surface area contributed by atoms with E-state index in [1.807, 2.05) is 12.1 Å². The van der Waals surface area contributed by atoms with Crippen molar-refractivity contribution in [2.45, 2.75) is 12.8 Å². The van der Waals surface area contributed by atoms with Gasteiger partial charge in [0, 0.05) is 44.5 Å². The van der Waals surface area contributed by atoms with Crippen molar-refractivity contribution in [3.63, 3.8) is 0 Å². The summed E-state index contributed by atoms with van der Waals surface area (Å²) in [4.78, 5) is 26.0. The van der Waals surface area contributed by atoms with Crippen molar-refractivity contribution in [3.05, 3.63) is 84.6 Å². The highest BCUT2D eigenvalue weighted by Gasteiger charge is 2.14. The van der Waals surface area contributed by atoms with Gasteiger partial charge in [0.25, 0.3) is 0 Å². The molecule has 0 spiro atoms. The average Bonchev–Trinajstić information content (AvgIpc) is 2.90. The minimum atomic E-state index is -1.26. The number of aromatic nitrogens is 1. The van der Waals surface area contributed by atoms with E-state index < -0.39 is 11.9 Å². The largest absolute Gasteiger partial charge is 0.493 e. The highest BCUT2D eigenvalue weighted by Crippen LogP contribution is 2.29. The summed E-state index contributed by atoms with van der Waals surface area (Å²) in [6, 6.07) is 19.1. The Labute approximate surface area is 210 Å². The van der Waals surface area contributed by atoms with E-state index in [2.05, 4.69) is 63.7 Å². The topological polar surface area (TPSA) is 112 Å². The number of pyridine rings is 1. The molecule has 0 fully saturated rings. The van der Waals surface area contributed by atoms with Crippen molar-refractivity contribution in [1.29, 1.82) is 0 Å². The normalized spacial score (nSPS) is 13.5. The number of methoxy groups -OCH3 is 1. The lowest BCUT2D eigenvalue weighted by Gasteiger charge is -2.27. The molecule has 188 valence electrons. The Morgan fingerprint density at radius 2 is 1.81 bits per heavy atom. The Balaban J connectivity index is 0.000000392. The van der Waals surface area contributed by atoms with E-state index in [0.717, 1.165) is 50.6 Å². The summed E-state index contributed by atoms with van der Waals surface area (Å²) in [6.45, 7) is 4.11. The molecule has 0 bridgehead atoms. The van der Waals surface area contributed by atoms with Crippen LogP contribution in [0.25, 0.3) is 16.3 Å². The molecule has 1 aromatic heterocycles. The van der Waals surface area contributed by atoms with E-state index >= 15 is 0 Å². The molecule has 0 saturated carbocycles. The van der Waals surface area contributed by atoms with Gasteiger partial charge in [0.1, 0.15) is 0 Å². The highest BCUT2D eigenvalue weighted by molar-refractivity contribution is 5.94. The second kappa shape index (κ2) is 13.7. The molecule has 8 heteroatoms. The predicted molar refractivity (Wildman–Crippen MR) is 141 cm³/mol. The minimum Gasteiger partial charge on any atom is -0.493 e. The van der Waals surface area contributed by atoms with Gasteiger partial charge in [-0.3, -0.25) is 4.90 Å². The van der Waals surface area contributed by atoms with Crippen LogP contribution in [0.2, 0.25) is 0 Å². The third-order valence-corrected chi connectivity index (χ3v) is 5.73. The van der Waals surface area contributed by atoms with Gasteiger partial charge in [0.15, 0.2) is 11.6 Å². The number of hydrogen-bond donors (Lipinski definition) is 3. The van der Waals surface area contributed by atoms with Gasteiger partial charge in [-0.2, -0.15) is 0 Å². The molecule has 3 aromatic rings. The van der Waals surface area contributed by atoms with Crippen LogP contribution in [0.5, 0.6) is 5.75 Å². The summed E-state index contributed by atoms with van der Waals surface area (Å²) < 4.78 is 5.33. The van der Waals surface area contributed by atoms with Crippen LogP contribution in [-0.4, -0.2) is 65.3 Å². The lowest BCUT2D eigenvalue weighted by molar-refractivity contribution is -0.134. The predicted octanol–water partition coefficient (Wildman–Crippen LogP) is 4.55. The molecule has 0 radical (unpaired) electrons. The summed E-state index contributed by atoms with van der Waals surface area (Å²) in [5, 5.41) is 21.7. The van der Waals surface area contributed by atoms with Gasteiger partial charge < -0.3 is 20.3 Å². The molecule has 0 unspecified atom stereocenters. The molecule has 8 nitrogen and oxygen atoms in total. The summed E-state index contributed by atoms with van der Waals surface area (Å²) >= 11 is 0. The maximum Gasteiger partial charge on any atom is 0.328 e. The van der Waals surface area contributed by atoms with E-state index in [4.69, 9.17) is 14.9 Å². The van der Waals surface area contributed by atoms with Gasteiger partial charge in [-0.25, -0.2) is 14.6 Å². The van der Waals surface area contributed by atoms with Crippen LogP contribution >= 0.6 is 0 Å². The first-order valence-electron chi connectivity index (χ1n) is 11.7. The monoisotopic (exact) mass is 489 g/mol. The molecule has 3 N–H and O–H groups in total. The van der Waals surface area contributed by atoms with E-state index in [1.54, 1.807) is 13.3 Å². The smallest absolute Gasteiger partial charge is 0.328 e. The van der Waals surface area contributed by atoms with Crippen molar-refractivity contribution in [1.82, 2.24) is 9.88 Å². The molecule has 4 rings (SSSR count). The Bertz CT molecular complexity index is 1220. The summed E-state index contributed by atoms with van der Waals surface area (Å²) in [5.74, 6) is -0.898. The van der Waals surface area contributed by atoms with Crippen LogP contribution in [0, 0.1) is 0 Å². The Morgan fingerprint density at radius 1 is 1.06 bits per heavy atom. The lowest BCUT2D eigenvalue weighted by Crippen LogP contribution is -2.30. The van der Waals surface area contributed by atoms with Crippen LogP contribution in [0.4, 0.5) is 5.82 Å². The fourth-order valence-corrected chi connectivity index (χ4v) is 4.00. The molecule has 36 heavy (non-hydrogen) atoms. The number of nitrogens with zero attached hydrogens (tertiary/aromatic N) is 2. The third kappa shape index (κ3) is 7.95. The number of hydrogen-bond acceptors (Lipinski definition) is 6. The van der Waals surface area contributed by atoms with Gasteiger partial charge in [-0.1, -0.05) is 48.5 Å². The minimum absolute atomic E-state index is 0.558. The Hall–Kier alpha value is -4.17. The van der Waals surface area contributed by atoms with Crippen LogP contribution in [-0.2, 0) is 9.59 Å². The molecular formula is C28H31N3O5. The number of nitrogens with one attached hydrogen (secondary N) is 1. The fourth-order valence-electron chi connectivity index (χ4n) is 4.00. The number of aliphatic carboxylic acids is 2. The summed E-state index contributed by atoms with van der Waals surface area (Å²) in [7, 11) is 1.68. The van der Waals surface area contributed by atoms with E-state index in [9.17, 15) is 9.59 Å². The number of ether oxygens (including phenoxy) is 1. The van der Waals surface area contributed by atoms with Crippen LogP contribution in [0.1, 0.15) is 18.4 Å². The van der Waals surface area contributed by atoms with E-state index in [-0.39, 0.29) is 0 Å². The van der Waals surface area contributed by atoms with Crippen molar-refractivity contribution in [3.8, 4) is 5.75 Å². The number of rotatable bonds is 9. The standard InChI is InChI=1S/C24H27N3O.C4H4O4/c1-28-23-11-5-14-25-24(23)26-15-6-16-27-17-12-20(13-18-27)22-10-4-8-19-7-2-3-9-21(19)22;5-3(6)1-2-4(7)8/h2-5,7-12,14H,6,13,15-18H2,1H3,(H,25,26);1-2H,(H,5,6)(H,7,8). The zero-order valence-corrected chi connectivity index (χ0v) is 20.3. The molecule has 1 aliphatic heterocycles. The maximum absolute atomic E-state index is 9.55. The number of anilines is 1. The first-order chi connectivity index (χ1) is 17.5. The molecule has 2 heterocycles. The fraction of sp³-hybridized carbons (Fsp3) is 0.250. The molecule has 0 amide bonds. The molecule has 2 aromatic carbocycles. The number of carbonyl (C=O) groups is 2. The summed E-state index contributed by atoms with van der Waals surface area (Å²) in [6.07, 6.45) is 7.49. The molecular weight excluding hydrogens is 458 g/mol. The first kappa shape index (κ1) is 26.4. The van der Waals surface area contributed by atoms with Crippen LogP contribution < -0.4 is 10.1 Å². The zero-order chi connectivity index (χ0) is 25.8. The average molecular weight is 490 g/mol. The van der Waals surface area contributed by atoms with Gasteiger partial charge in [-0.15, -0.1) is 0 Å². The van der Waals surface area contributed by atoms with Crippen molar-refractivity contribution in [2.24, 2.45) is 0 Å². The van der Waals surface area contributed by atoms with E-state index in [0.29, 0.717) is 12.2 Å². The van der Waals surface area contributed by atoms with Gasteiger partial charge in [-0.05, 0) is 46.9 Å². The van der Waals surface area contributed by atoms with Crippen molar-refractivity contribution >= 4 is 34.1 Å². The summed E-state index contributed by atoms with van der Waals surface area (Å²) in [5.41, 5.74) is 2.87. The second-order valence-electron chi connectivity index (χ2n) is 8.15. The maximum atomic E-state index is 9.55. The van der Waals surface area contributed by atoms with Crippen molar-refractivity contribution < 1.29 is 24.5 Å². The van der Waals surface area contributed by atoms with Gasteiger partial charge in [0.2, 0.25) is 0 Å². The van der Waals surface area contributed by atoms with Crippen LogP contribution in [0.3, 0.4) is 0 Å². The molecule has 0 atom stereocenters. The Morgan fingerprint density at radius 3 is 2.50 bits per heavy atom. The van der Waals surface area contributed by atoms with Crippen LogP contribution in [0.15, 0.2) is 79.0 Å². The quantitative estimate of drug-likeness (QED) is 0.297. The van der Waals surface area contributed by atoms with E-state index in [1.165, 1.54) is 21.9 Å². The molecule has 0 saturated heterocycles. The number of carboxylic acids is 2. The second-order valence-corrected chi connectivity index (χ2v) is 8.15. The SMILES string of the molecule is COc1cccnc1NCCCN1CC=C(c2cccc3ccccc23)CC1.O=C(O)C=CC(=O)O. The number of benzene rings is 2. The highest BCUT2D eigenvalue weighted by atomic mass is 16.5.